The number of fused-ring (bicyclic) bond motifs is 1. The van der Waals surface area contributed by atoms with Gasteiger partial charge < -0.3 is 5.32 Å². The fourth-order valence-corrected chi connectivity index (χ4v) is 2.47. The molecule has 0 radical (unpaired) electrons. The molecule has 0 saturated carbocycles. The number of thioether (sulfide) groups is 1. The molecular weight excluding hydrogens is 298 g/mol. The van der Waals surface area contributed by atoms with Gasteiger partial charge in [-0.25, -0.2) is 9.78 Å². The molecule has 1 aromatic carbocycles. The van der Waals surface area contributed by atoms with E-state index in [1.165, 1.54) is 11.8 Å². The van der Waals surface area contributed by atoms with Crippen LogP contribution in [-0.4, -0.2) is 28.7 Å². The molecule has 2 rings (SSSR count). The Kier molecular flexibility index (Phi) is 5.77. The maximum Gasteiger partial charge on any atom is 0.321 e. The van der Waals surface area contributed by atoms with Crippen molar-refractivity contribution in [1.29, 1.82) is 0 Å². The van der Waals surface area contributed by atoms with Gasteiger partial charge in [0.05, 0.1) is 16.3 Å². The first-order valence-corrected chi connectivity index (χ1v) is 8.16. The van der Waals surface area contributed by atoms with Crippen LogP contribution in [0.2, 0.25) is 0 Å². The molecule has 5 nitrogen and oxygen atoms in total. The summed E-state index contributed by atoms with van der Waals surface area (Å²) in [5, 5.41) is 6.82. The molecule has 0 unspecified atom stereocenters. The highest BCUT2D eigenvalue weighted by Crippen LogP contribution is 2.19. The van der Waals surface area contributed by atoms with Gasteiger partial charge in [0.25, 0.3) is 0 Å². The fourth-order valence-electron chi connectivity index (χ4n) is 1.79. The highest BCUT2D eigenvalue weighted by molar-refractivity contribution is 7.99. The van der Waals surface area contributed by atoms with Gasteiger partial charge in [0, 0.05) is 11.4 Å². The highest BCUT2D eigenvalue weighted by atomic mass is 32.2. The number of amides is 3. The number of benzene rings is 1. The minimum absolute atomic E-state index is 0.0441. The van der Waals surface area contributed by atoms with E-state index in [1.54, 1.807) is 0 Å². The van der Waals surface area contributed by atoms with Crippen molar-refractivity contribution in [3.8, 4) is 0 Å². The van der Waals surface area contributed by atoms with Gasteiger partial charge in [-0.15, -0.1) is 0 Å². The minimum Gasteiger partial charge on any atom is -0.335 e. The van der Waals surface area contributed by atoms with E-state index in [-0.39, 0.29) is 17.7 Å². The number of carbonyl (C=O) groups is 2. The van der Waals surface area contributed by atoms with Gasteiger partial charge in [-0.3, -0.25) is 10.1 Å². The number of imide groups is 1. The molecule has 2 aromatic rings. The van der Waals surface area contributed by atoms with Gasteiger partial charge in [0.15, 0.2) is 0 Å². The van der Waals surface area contributed by atoms with Crippen molar-refractivity contribution < 1.29 is 9.59 Å². The first-order valence-electron chi connectivity index (χ1n) is 7.17. The molecule has 0 saturated heterocycles. The van der Waals surface area contributed by atoms with Gasteiger partial charge in [-0.2, -0.15) is 0 Å². The van der Waals surface area contributed by atoms with Crippen LogP contribution >= 0.6 is 11.8 Å². The zero-order valence-electron chi connectivity index (χ0n) is 12.6. The van der Waals surface area contributed by atoms with E-state index in [9.17, 15) is 9.59 Å². The summed E-state index contributed by atoms with van der Waals surface area (Å²) < 4.78 is 0. The summed E-state index contributed by atoms with van der Waals surface area (Å²) in [6, 6.07) is 11.2. The van der Waals surface area contributed by atoms with E-state index < -0.39 is 6.03 Å². The van der Waals surface area contributed by atoms with Crippen LogP contribution in [0.5, 0.6) is 0 Å². The monoisotopic (exact) mass is 317 g/mol. The number of para-hydroxylation sites is 1. The van der Waals surface area contributed by atoms with Crippen molar-refractivity contribution >= 4 is 34.6 Å². The molecule has 0 aliphatic heterocycles. The van der Waals surface area contributed by atoms with Crippen LogP contribution in [0.4, 0.5) is 4.79 Å². The summed E-state index contributed by atoms with van der Waals surface area (Å²) in [5.74, 6) is -0.181. The third-order valence-electron chi connectivity index (χ3n) is 3.17. The first-order chi connectivity index (χ1) is 10.6. The van der Waals surface area contributed by atoms with Crippen LogP contribution in [-0.2, 0) is 4.79 Å². The Labute approximate surface area is 133 Å². The molecular formula is C16H19N3O2S. The largest absolute Gasteiger partial charge is 0.335 e. The van der Waals surface area contributed by atoms with Crippen LogP contribution in [0, 0.1) is 0 Å². The summed E-state index contributed by atoms with van der Waals surface area (Å²) in [7, 11) is 0. The molecule has 22 heavy (non-hydrogen) atoms. The predicted molar refractivity (Wildman–Crippen MR) is 88.9 cm³/mol. The Morgan fingerprint density at radius 3 is 2.77 bits per heavy atom. The van der Waals surface area contributed by atoms with Crippen LogP contribution in [0.25, 0.3) is 10.9 Å². The number of aromatic nitrogens is 1. The number of nitrogens with zero attached hydrogens (tertiary/aromatic N) is 1. The second-order valence-electron chi connectivity index (χ2n) is 4.96. The molecule has 0 bridgehead atoms. The van der Waals surface area contributed by atoms with Crippen molar-refractivity contribution in [2.45, 2.75) is 31.3 Å². The van der Waals surface area contributed by atoms with Crippen molar-refractivity contribution in [2.75, 3.05) is 5.75 Å². The Hall–Kier alpha value is -2.08. The lowest BCUT2D eigenvalue weighted by Gasteiger charge is -2.11. The number of pyridine rings is 1. The van der Waals surface area contributed by atoms with E-state index in [0.29, 0.717) is 0 Å². The Bertz CT molecular complexity index is 675. The number of hydrogen-bond donors (Lipinski definition) is 2. The van der Waals surface area contributed by atoms with Crippen molar-refractivity contribution in [3.05, 3.63) is 36.4 Å². The van der Waals surface area contributed by atoms with E-state index in [1.807, 2.05) is 50.2 Å². The zero-order chi connectivity index (χ0) is 15.9. The van der Waals surface area contributed by atoms with Crippen molar-refractivity contribution in [1.82, 2.24) is 15.6 Å². The maximum absolute atomic E-state index is 11.7. The summed E-state index contributed by atoms with van der Waals surface area (Å²) in [6.07, 6.45) is 0.817. The van der Waals surface area contributed by atoms with E-state index in [2.05, 4.69) is 15.6 Å². The van der Waals surface area contributed by atoms with E-state index in [0.717, 1.165) is 22.3 Å². The average Bonchev–Trinajstić information content (AvgIpc) is 2.52. The van der Waals surface area contributed by atoms with Gasteiger partial charge in [-0.1, -0.05) is 43.0 Å². The molecule has 1 heterocycles. The summed E-state index contributed by atoms with van der Waals surface area (Å²) in [5.41, 5.74) is 0.891. The lowest BCUT2D eigenvalue weighted by Crippen LogP contribution is -2.43. The smallest absolute Gasteiger partial charge is 0.321 e. The number of nitrogens with one attached hydrogen (secondary N) is 2. The van der Waals surface area contributed by atoms with Crippen LogP contribution < -0.4 is 10.6 Å². The maximum atomic E-state index is 11.7. The third-order valence-corrected chi connectivity index (χ3v) is 4.10. The summed E-state index contributed by atoms with van der Waals surface area (Å²) in [6.45, 7) is 3.85. The molecule has 2 N–H and O–H groups in total. The summed E-state index contributed by atoms with van der Waals surface area (Å²) in [4.78, 5) is 27.8. The van der Waals surface area contributed by atoms with Crippen molar-refractivity contribution in [3.63, 3.8) is 0 Å². The van der Waals surface area contributed by atoms with Crippen molar-refractivity contribution in [2.24, 2.45) is 0 Å². The Morgan fingerprint density at radius 2 is 2.00 bits per heavy atom. The van der Waals surface area contributed by atoms with Crippen LogP contribution in [0.1, 0.15) is 20.3 Å². The first kappa shape index (κ1) is 16.3. The molecule has 0 aliphatic carbocycles. The quantitative estimate of drug-likeness (QED) is 0.832. The van der Waals surface area contributed by atoms with E-state index >= 15 is 0 Å². The molecule has 116 valence electrons. The SMILES string of the molecule is CC[C@H](C)NC(=O)NC(=O)CSc1ccc2ccccc2n1. The molecule has 6 heteroatoms. The number of rotatable bonds is 5. The van der Waals surface area contributed by atoms with Gasteiger partial charge in [-0.05, 0) is 25.5 Å². The average molecular weight is 317 g/mol. The lowest BCUT2D eigenvalue weighted by atomic mass is 10.2. The standard InChI is InChI=1S/C16H19N3O2S/c1-3-11(2)17-16(21)19-14(20)10-22-15-9-8-12-6-4-5-7-13(12)18-15/h4-9,11H,3,10H2,1-2H3,(H2,17,19,20,21)/t11-/m0/s1. The van der Waals surface area contributed by atoms with Crippen LogP contribution in [0.15, 0.2) is 41.4 Å². The van der Waals surface area contributed by atoms with Gasteiger partial charge in [0.2, 0.25) is 5.91 Å². The molecule has 0 fully saturated rings. The second kappa shape index (κ2) is 7.79. The zero-order valence-corrected chi connectivity index (χ0v) is 13.4. The summed E-state index contributed by atoms with van der Waals surface area (Å²) >= 11 is 1.31. The van der Waals surface area contributed by atoms with Gasteiger partial charge in [0.1, 0.15) is 0 Å². The molecule has 0 spiro atoms. The van der Waals surface area contributed by atoms with Crippen LogP contribution in [0.3, 0.4) is 0 Å². The predicted octanol–water partition coefficient (Wildman–Crippen LogP) is 2.95. The topological polar surface area (TPSA) is 71.1 Å². The fraction of sp³-hybridized carbons (Fsp3) is 0.312. The molecule has 0 aliphatic rings. The Balaban J connectivity index is 1.86. The molecule has 1 aromatic heterocycles. The molecule has 1 atom stereocenters. The third kappa shape index (κ3) is 4.73. The number of hydrogen-bond acceptors (Lipinski definition) is 4. The number of carbonyl (C=O) groups excluding carboxylic acids is 2. The second-order valence-corrected chi connectivity index (χ2v) is 5.96. The minimum atomic E-state index is -0.452. The normalized spacial score (nSPS) is 11.9. The van der Waals surface area contributed by atoms with E-state index in [4.69, 9.17) is 0 Å². The highest BCUT2D eigenvalue weighted by Gasteiger charge is 2.10. The van der Waals surface area contributed by atoms with Gasteiger partial charge >= 0.3 is 6.03 Å². The molecule has 3 amide bonds. The number of urea groups is 1. The Morgan fingerprint density at radius 1 is 1.23 bits per heavy atom. The lowest BCUT2D eigenvalue weighted by molar-refractivity contribution is -0.117.